The second-order valence-electron chi connectivity index (χ2n) is 15.8. The Morgan fingerprint density at radius 1 is 0.662 bits per heavy atom. The molecule has 0 unspecified atom stereocenters. The number of amides is 2. The van der Waals surface area contributed by atoms with Crippen LogP contribution >= 0.6 is 0 Å². The lowest BCUT2D eigenvalue weighted by Gasteiger charge is -2.18. The summed E-state index contributed by atoms with van der Waals surface area (Å²) in [5.74, 6) is 0.579. The Bertz CT molecular complexity index is 3170. The van der Waals surface area contributed by atoms with Gasteiger partial charge < -0.3 is 36.6 Å². The topological polar surface area (TPSA) is 200 Å². The molecular formula is C47H45F2N13O3. The number of ether oxygens (including phenoxy) is 1. The second-order valence-corrected chi connectivity index (χ2v) is 15.8. The van der Waals surface area contributed by atoms with Crippen LogP contribution in [-0.2, 0) is 25.9 Å². The van der Waals surface area contributed by atoms with Crippen LogP contribution in [0.1, 0.15) is 48.9 Å². The number of carbonyl (C=O) groups is 2. The summed E-state index contributed by atoms with van der Waals surface area (Å²) in [6.45, 7) is 4.43. The maximum atomic E-state index is 13.6. The Kier molecular flexibility index (Phi) is 11.2. The molecule has 16 nitrogen and oxygen atoms in total. The van der Waals surface area contributed by atoms with Crippen molar-refractivity contribution in [2.24, 2.45) is 11.5 Å². The van der Waals surface area contributed by atoms with Crippen molar-refractivity contribution in [2.45, 2.75) is 32.9 Å². The molecule has 330 valence electrons. The fourth-order valence-corrected chi connectivity index (χ4v) is 8.46. The molecule has 18 heteroatoms. The number of anilines is 4. The molecule has 2 amide bonds. The van der Waals surface area contributed by atoms with E-state index < -0.39 is 11.8 Å². The van der Waals surface area contributed by atoms with E-state index in [9.17, 15) is 18.4 Å². The van der Waals surface area contributed by atoms with Crippen LogP contribution in [0.5, 0.6) is 6.01 Å². The summed E-state index contributed by atoms with van der Waals surface area (Å²) in [5.41, 5.74) is 19.9. The van der Waals surface area contributed by atoms with Gasteiger partial charge in [0.15, 0.2) is 11.6 Å². The van der Waals surface area contributed by atoms with Gasteiger partial charge in [-0.25, -0.2) is 23.3 Å². The van der Waals surface area contributed by atoms with Crippen molar-refractivity contribution in [3.8, 4) is 17.9 Å². The van der Waals surface area contributed by atoms with Crippen LogP contribution in [0, 0.1) is 18.6 Å². The maximum absolute atomic E-state index is 13.6. The standard InChI is InChI=1S/C24H23FN6O.C23H22FN7O2/c1-14-11-18-17(22(26)32)7-4-8-20(18)31(14)24-28-19-9-10-30(2)21(19)23(29-24)27-13-15-5-3-6-16(25)12-15;1-30-10-9-16-19(30)21(26-12-13-5-3-6-14(24)11-13)29-22(27-16)31-17-8-4-7-15(20(25)32)18(17)28-23(31)33-2/h3-8,11-12H,9-10,13H2,1-2H3,(H2,26,32)(H,27,28,29);3-8,11H,9-10,12H2,1-2H3,(H2,25,32)(H,26,27,29). The number of hydrogen-bond donors (Lipinski definition) is 4. The Hall–Kier alpha value is -8.15. The number of nitrogens with two attached hydrogens (primary N) is 2. The number of para-hydroxylation sites is 1. The van der Waals surface area contributed by atoms with Gasteiger partial charge in [0.25, 0.3) is 5.91 Å². The molecule has 0 saturated heterocycles. The summed E-state index contributed by atoms with van der Waals surface area (Å²) in [4.78, 5) is 51.7. The summed E-state index contributed by atoms with van der Waals surface area (Å²) in [6, 6.07) is 25.7. The number of hydrogen-bond acceptors (Lipinski definition) is 12. The monoisotopic (exact) mass is 877 g/mol. The highest BCUT2D eigenvalue weighted by Crippen LogP contribution is 2.37. The predicted molar refractivity (Wildman–Crippen MR) is 245 cm³/mol. The van der Waals surface area contributed by atoms with Crippen molar-refractivity contribution < 1.29 is 23.1 Å². The van der Waals surface area contributed by atoms with Gasteiger partial charge in [0, 0.05) is 69.8 Å². The average Bonchev–Trinajstić information content (AvgIpc) is 4.06. The maximum Gasteiger partial charge on any atom is 0.304 e. The van der Waals surface area contributed by atoms with Crippen molar-refractivity contribution in [1.29, 1.82) is 0 Å². The van der Waals surface area contributed by atoms with Gasteiger partial charge in [-0.1, -0.05) is 36.4 Å². The Morgan fingerprint density at radius 3 is 1.69 bits per heavy atom. The van der Waals surface area contributed by atoms with Crippen LogP contribution in [0.4, 0.5) is 31.8 Å². The van der Waals surface area contributed by atoms with Crippen LogP contribution in [0.25, 0.3) is 33.8 Å². The number of primary amides is 2. The number of methoxy groups -OCH3 is 1. The van der Waals surface area contributed by atoms with E-state index in [0.29, 0.717) is 53.2 Å². The third-order valence-electron chi connectivity index (χ3n) is 11.5. The molecule has 0 aliphatic carbocycles. The van der Waals surface area contributed by atoms with Gasteiger partial charge in [-0.15, -0.1) is 0 Å². The number of halogens is 2. The molecule has 0 fully saturated rings. The quantitative estimate of drug-likeness (QED) is 0.114. The van der Waals surface area contributed by atoms with E-state index in [1.54, 1.807) is 41.0 Å². The van der Waals surface area contributed by atoms with E-state index >= 15 is 0 Å². The Morgan fingerprint density at radius 2 is 1.17 bits per heavy atom. The first kappa shape index (κ1) is 42.2. The highest BCUT2D eigenvalue weighted by molar-refractivity contribution is 6.06. The minimum Gasteiger partial charge on any atom is -0.468 e. The van der Waals surface area contributed by atoms with E-state index in [-0.39, 0.29) is 23.2 Å². The van der Waals surface area contributed by atoms with Gasteiger partial charge in [0.2, 0.25) is 17.8 Å². The molecule has 6 heterocycles. The first-order valence-corrected chi connectivity index (χ1v) is 20.9. The number of nitrogens with one attached hydrogen (secondary N) is 2. The van der Waals surface area contributed by atoms with E-state index in [1.165, 1.54) is 31.4 Å². The molecule has 0 atom stereocenters. The molecule has 65 heavy (non-hydrogen) atoms. The molecule has 2 aliphatic heterocycles. The summed E-state index contributed by atoms with van der Waals surface area (Å²) >= 11 is 0. The van der Waals surface area contributed by atoms with Gasteiger partial charge in [0.1, 0.15) is 28.5 Å². The van der Waals surface area contributed by atoms with E-state index in [2.05, 4.69) is 25.4 Å². The molecule has 8 aromatic rings. The normalized spacial score (nSPS) is 12.8. The van der Waals surface area contributed by atoms with E-state index in [0.717, 1.165) is 76.4 Å². The Balaban J connectivity index is 0.000000164. The molecule has 4 aromatic carbocycles. The summed E-state index contributed by atoms with van der Waals surface area (Å²) in [6.07, 6.45) is 1.55. The lowest BCUT2D eigenvalue weighted by atomic mass is 10.1. The van der Waals surface area contributed by atoms with E-state index in [4.69, 9.17) is 36.1 Å². The number of benzene rings is 4. The Labute approximate surface area is 371 Å². The van der Waals surface area contributed by atoms with Crippen molar-refractivity contribution in [2.75, 3.05) is 54.7 Å². The lowest BCUT2D eigenvalue weighted by Crippen LogP contribution is -2.16. The molecule has 0 saturated carbocycles. The highest BCUT2D eigenvalue weighted by atomic mass is 19.1. The molecule has 4 aromatic heterocycles. The largest absolute Gasteiger partial charge is 0.468 e. The average molecular weight is 878 g/mol. The highest BCUT2D eigenvalue weighted by Gasteiger charge is 2.28. The number of likely N-dealkylation sites (N-methyl/N-ethyl adjacent to an activating group) is 2. The number of aromatic nitrogens is 7. The van der Waals surface area contributed by atoms with Crippen LogP contribution in [0.15, 0.2) is 91.0 Å². The fraction of sp³-hybridized carbons (Fsp3) is 0.213. The van der Waals surface area contributed by atoms with Crippen LogP contribution in [0.2, 0.25) is 0 Å². The van der Waals surface area contributed by atoms with Gasteiger partial charge in [0.05, 0.1) is 35.1 Å². The van der Waals surface area contributed by atoms with Crippen molar-refractivity contribution in [1.82, 2.24) is 34.1 Å². The summed E-state index contributed by atoms with van der Waals surface area (Å²) in [7, 11) is 5.48. The third kappa shape index (κ3) is 8.05. The zero-order valence-electron chi connectivity index (χ0n) is 36.1. The first-order valence-electron chi connectivity index (χ1n) is 20.9. The van der Waals surface area contributed by atoms with Crippen LogP contribution in [-0.4, -0.2) is 80.2 Å². The van der Waals surface area contributed by atoms with Gasteiger partial charge >= 0.3 is 6.01 Å². The number of aryl methyl sites for hydroxylation is 1. The number of nitrogens with zero attached hydrogens (tertiary/aromatic N) is 9. The number of fused-ring (bicyclic) bond motifs is 4. The molecule has 0 radical (unpaired) electrons. The van der Waals surface area contributed by atoms with Crippen molar-refractivity contribution >= 4 is 56.8 Å². The molecule has 0 spiro atoms. The van der Waals surface area contributed by atoms with Gasteiger partial charge in [-0.2, -0.15) is 15.0 Å². The summed E-state index contributed by atoms with van der Waals surface area (Å²) < 4.78 is 36.3. The van der Waals surface area contributed by atoms with Gasteiger partial charge in [-0.3, -0.25) is 14.2 Å². The number of rotatable bonds is 11. The molecule has 2 aliphatic rings. The predicted octanol–water partition coefficient (Wildman–Crippen LogP) is 6.24. The van der Waals surface area contributed by atoms with Gasteiger partial charge in [-0.05, 0) is 72.6 Å². The lowest BCUT2D eigenvalue weighted by molar-refractivity contribution is 0.0993. The van der Waals surface area contributed by atoms with Crippen molar-refractivity contribution in [3.63, 3.8) is 0 Å². The molecule has 6 N–H and O–H groups in total. The number of carbonyl (C=O) groups excluding carboxylic acids is 2. The van der Waals surface area contributed by atoms with Crippen molar-refractivity contribution in [3.05, 3.63) is 142 Å². The molecule has 10 rings (SSSR count). The first-order chi connectivity index (χ1) is 31.4. The number of imidazole rings is 1. The van der Waals surface area contributed by atoms with E-state index in [1.807, 2.05) is 55.9 Å². The zero-order chi connectivity index (χ0) is 45.5. The zero-order valence-corrected chi connectivity index (χ0v) is 36.1. The SMILES string of the molecule is COc1nc2c(C(N)=O)cccc2n1-c1nc2c(c(NCc3cccc(F)c3)n1)N(C)CC2.Cc1cc2c(C(N)=O)cccc2n1-c1nc2c(c(NCc3cccc(F)c3)n1)N(C)CC2. The molecule has 0 bridgehead atoms. The third-order valence-corrected chi connectivity index (χ3v) is 11.5. The van der Waals surface area contributed by atoms with Crippen LogP contribution < -0.4 is 36.6 Å². The molecular weight excluding hydrogens is 833 g/mol. The minimum atomic E-state index is -0.582. The second kappa shape index (κ2) is 17.2. The fourth-order valence-electron chi connectivity index (χ4n) is 8.46. The smallest absolute Gasteiger partial charge is 0.304 e. The van der Waals surface area contributed by atoms with Crippen LogP contribution in [0.3, 0.4) is 0 Å². The summed E-state index contributed by atoms with van der Waals surface area (Å²) in [5, 5.41) is 7.47. The minimum absolute atomic E-state index is 0.237.